The van der Waals surface area contributed by atoms with Crippen LogP contribution < -0.4 is 10.5 Å². The van der Waals surface area contributed by atoms with Gasteiger partial charge in [-0.15, -0.1) is 0 Å². The van der Waals surface area contributed by atoms with Crippen LogP contribution in [-0.4, -0.2) is 4.98 Å². The summed E-state index contributed by atoms with van der Waals surface area (Å²) in [6.45, 7) is 1.93. The average Bonchev–Trinajstić information content (AvgIpc) is 2.47. The second-order valence-corrected chi connectivity index (χ2v) is 4.53. The molecule has 0 spiro atoms. The quantitative estimate of drug-likeness (QED) is 0.915. The number of benzene rings is 1. The minimum atomic E-state index is -4.46. The van der Waals surface area contributed by atoms with Gasteiger partial charge >= 0.3 is 6.18 Å². The van der Waals surface area contributed by atoms with E-state index in [0.29, 0.717) is 5.69 Å². The molecule has 0 radical (unpaired) electrons. The molecule has 21 heavy (non-hydrogen) atoms. The first kappa shape index (κ1) is 15.3. The molecule has 0 unspecified atom stereocenters. The van der Waals surface area contributed by atoms with Crippen LogP contribution in [0.1, 0.15) is 30.6 Å². The highest BCUT2D eigenvalue weighted by atomic mass is 19.4. The number of nitrogens with two attached hydrogens (primary N) is 1. The van der Waals surface area contributed by atoms with Gasteiger partial charge in [0.05, 0.1) is 17.5 Å². The number of ether oxygens (including phenoxy) is 1. The molecule has 0 saturated carbocycles. The van der Waals surface area contributed by atoms with Gasteiger partial charge in [0.25, 0.3) is 0 Å². The summed E-state index contributed by atoms with van der Waals surface area (Å²) in [5.74, 6) is -0.0157. The number of hydrogen-bond donors (Lipinski definition) is 1. The Morgan fingerprint density at radius 2 is 1.90 bits per heavy atom. The lowest BCUT2D eigenvalue weighted by molar-refractivity contribution is -0.138. The van der Waals surface area contributed by atoms with Gasteiger partial charge in [0.1, 0.15) is 11.5 Å². The van der Waals surface area contributed by atoms with Crippen LogP contribution in [0.15, 0.2) is 42.6 Å². The van der Waals surface area contributed by atoms with Crippen molar-refractivity contribution in [1.29, 1.82) is 0 Å². The van der Waals surface area contributed by atoms with Crippen molar-refractivity contribution < 1.29 is 17.9 Å². The summed E-state index contributed by atoms with van der Waals surface area (Å²) in [5.41, 5.74) is 5.68. The maximum atomic E-state index is 12.9. The summed E-state index contributed by atoms with van der Waals surface area (Å²) in [6.07, 6.45) is -2.36. The SMILES string of the molecule is CC[C@H](N)c1ccc(Oc2ccccc2C(F)(F)F)cn1. The molecule has 112 valence electrons. The van der Waals surface area contributed by atoms with E-state index in [2.05, 4.69) is 4.98 Å². The molecular formula is C15H15F3N2O. The monoisotopic (exact) mass is 296 g/mol. The van der Waals surface area contributed by atoms with Crippen LogP contribution in [0.4, 0.5) is 13.2 Å². The minimum absolute atomic E-state index is 0.193. The standard InChI is InChI=1S/C15H15F3N2O/c1-2-12(19)13-8-7-10(9-20-13)21-14-6-4-3-5-11(14)15(16,17)18/h3-9,12H,2,19H2,1H3/t12-/m0/s1. The van der Waals surface area contributed by atoms with Gasteiger partial charge in [0, 0.05) is 6.04 Å². The van der Waals surface area contributed by atoms with E-state index in [-0.39, 0.29) is 17.5 Å². The van der Waals surface area contributed by atoms with Gasteiger partial charge in [0.2, 0.25) is 0 Å². The molecule has 2 aromatic rings. The van der Waals surface area contributed by atoms with Crippen molar-refractivity contribution in [3.8, 4) is 11.5 Å². The van der Waals surface area contributed by atoms with Crippen molar-refractivity contribution in [2.45, 2.75) is 25.6 Å². The second kappa shape index (κ2) is 6.13. The predicted molar refractivity (Wildman–Crippen MR) is 73.0 cm³/mol. The first-order valence-corrected chi connectivity index (χ1v) is 6.47. The van der Waals surface area contributed by atoms with Gasteiger partial charge in [-0.1, -0.05) is 19.1 Å². The van der Waals surface area contributed by atoms with E-state index >= 15 is 0 Å². The van der Waals surface area contributed by atoms with Crippen molar-refractivity contribution in [2.75, 3.05) is 0 Å². The molecule has 0 saturated heterocycles. The van der Waals surface area contributed by atoms with Crippen LogP contribution in [-0.2, 0) is 6.18 Å². The van der Waals surface area contributed by atoms with Crippen molar-refractivity contribution in [2.24, 2.45) is 5.73 Å². The number of aromatic nitrogens is 1. The Labute approximate surface area is 120 Å². The highest BCUT2D eigenvalue weighted by molar-refractivity contribution is 5.39. The fraction of sp³-hybridized carbons (Fsp3) is 0.267. The maximum Gasteiger partial charge on any atom is 0.419 e. The first-order valence-electron chi connectivity index (χ1n) is 6.47. The molecule has 2 rings (SSSR count). The second-order valence-electron chi connectivity index (χ2n) is 4.53. The van der Waals surface area contributed by atoms with E-state index in [4.69, 9.17) is 10.5 Å². The molecule has 0 aliphatic carbocycles. The van der Waals surface area contributed by atoms with Crippen molar-refractivity contribution >= 4 is 0 Å². The van der Waals surface area contributed by atoms with Gasteiger partial charge in [-0.05, 0) is 30.7 Å². The van der Waals surface area contributed by atoms with Crippen LogP contribution in [0.25, 0.3) is 0 Å². The molecule has 2 N–H and O–H groups in total. The molecule has 0 bridgehead atoms. The lowest BCUT2D eigenvalue weighted by Crippen LogP contribution is -2.10. The molecule has 0 aliphatic heterocycles. The van der Waals surface area contributed by atoms with E-state index in [0.717, 1.165) is 12.5 Å². The molecule has 1 aromatic carbocycles. The van der Waals surface area contributed by atoms with Crippen molar-refractivity contribution in [3.63, 3.8) is 0 Å². The molecule has 3 nitrogen and oxygen atoms in total. The molecule has 6 heteroatoms. The van der Waals surface area contributed by atoms with Crippen molar-refractivity contribution in [1.82, 2.24) is 4.98 Å². The molecule has 0 aliphatic rings. The third-order valence-electron chi connectivity index (χ3n) is 3.00. The molecule has 0 amide bonds. The number of rotatable bonds is 4. The normalized spacial score (nSPS) is 13.0. The fourth-order valence-electron chi connectivity index (χ4n) is 1.80. The van der Waals surface area contributed by atoms with Gasteiger partial charge in [-0.3, -0.25) is 4.98 Å². The lowest BCUT2D eigenvalue weighted by Gasteiger charge is -2.14. The predicted octanol–water partition coefficient (Wildman–Crippen LogP) is 4.30. The smallest absolute Gasteiger partial charge is 0.419 e. The Kier molecular flexibility index (Phi) is 4.47. The lowest BCUT2D eigenvalue weighted by atomic mass is 10.1. The average molecular weight is 296 g/mol. The Bertz CT molecular complexity index is 597. The van der Waals surface area contributed by atoms with E-state index in [1.54, 1.807) is 12.1 Å². The highest BCUT2D eigenvalue weighted by Crippen LogP contribution is 2.37. The summed E-state index contributed by atoms with van der Waals surface area (Å²) < 4.78 is 43.8. The zero-order valence-electron chi connectivity index (χ0n) is 11.4. The third kappa shape index (κ3) is 3.72. The fourth-order valence-corrected chi connectivity index (χ4v) is 1.80. The molecule has 0 fully saturated rings. The van der Waals surface area contributed by atoms with Crippen LogP contribution in [0.2, 0.25) is 0 Å². The highest BCUT2D eigenvalue weighted by Gasteiger charge is 2.34. The summed E-state index contributed by atoms with van der Waals surface area (Å²) in [5, 5.41) is 0. The summed E-state index contributed by atoms with van der Waals surface area (Å²) >= 11 is 0. The minimum Gasteiger partial charge on any atom is -0.455 e. The molecular weight excluding hydrogens is 281 g/mol. The van der Waals surface area contributed by atoms with Crippen LogP contribution in [0.5, 0.6) is 11.5 Å². The number of para-hydroxylation sites is 1. The van der Waals surface area contributed by atoms with Crippen LogP contribution >= 0.6 is 0 Å². The summed E-state index contributed by atoms with van der Waals surface area (Å²) in [4.78, 5) is 4.11. The Hall–Kier alpha value is -2.08. The van der Waals surface area contributed by atoms with Crippen molar-refractivity contribution in [3.05, 3.63) is 53.9 Å². The number of pyridine rings is 1. The number of nitrogens with zero attached hydrogens (tertiary/aromatic N) is 1. The first-order chi connectivity index (χ1) is 9.91. The molecule has 1 atom stereocenters. The third-order valence-corrected chi connectivity index (χ3v) is 3.00. The summed E-state index contributed by atoms with van der Waals surface area (Å²) in [7, 11) is 0. The van der Waals surface area contributed by atoms with Gasteiger partial charge in [0.15, 0.2) is 0 Å². The van der Waals surface area contributed by atoms with Gasteiger partial charge in [-0.2, -0.15) is 13.2 Å². The number of halogens is 3. The van der Waals surface area contributed by atoms with E-state index in [9.17, 15) is 13.2 Å². The van der Waals surface area contributed by atoms with E-state index in [1.165, 1.54) is 24.4 Å². The van der Waals surface area contributed by atoms with Crippen LogP contribution in [0, 0.1) is 0 Å². The maximum absolute atomic E-state index is 12.9. The number of hydrogen-bond acceptors (Lipinski definition) is 3. The zero-order valence-corrected chi connectivity index (χ0v) is 11.4. The van der Waals surface area contributed by atoms with E-state index in [1.807, 2.05) is 6.92 Å². The Morgan fingerprint density at radius 3 is 2.48 bits per heavy atom. The molecule has 1 heterocycles. The number of alkyl halides is 3. The molecule has 1 aromatic heterocycles. The zero-order chi connectivity index (χ0) is 15.5. The van der Waals surface area contributed by atoms with Gasteiger partial charge < -0.3 is 10.5 Å². The van der Waals surface area contributed by atoms with E-state index < -0.39 is 11.7 Å². The Morgan fingerprint density at radius 1 is 1.19 bits per heavy atom. The Balaban J connectivity index is 2.23. The van der Waals surface area contributed by atoms with Gasteiger partial charge in [-0.25, -0.2) is 0 Å². The largest absolute Gasteiger partial charge is 0.455 e. The topological polar surface area (TPSA) is 48.1 Å². The van der Waals surface area contributed by atoms with Crippen LogP contribution in [0.3, 0.4) is 0 Å². The summed E-state index contributed by atoms with van der Waals surface area (Å²) in [6, 6.07) is 8.07.